The molecule has 0 bridgehead atoms. The monoisotopic (exact) mass is 356 g/mol. The van der Waals surface area contributed by atoms with E-state index in [4.69, 9.17) is 11.6 Å². The van der Waals surface area contributed by atoms with Gasteiger partial charge < -0.3 is 0 Å². The van der Waals surface area contributed by atoms with Crippen LogP contribution in [0.25, 0.3) is 11.4 Å². The molecule has 0 amide bonds. The summed E-state index contributed by atoms with van der Waals surface area (Å²) in [5.74, 6) is 0.789. The number of allylic oxidation sites excluding steroid dienone is 1. The lowest BCUT2D eigenvalue weighted by molar-refractivity contribution is 0.728. The molecule has 2 aromatic heterocycles. The number of benzene rings is 1. The molecule has 4 nitrogen and oxygen atoms in total. The lowest BCUT2D eigenvalue weighted by atomic mass is 10.2. The molecule has 24 heavy (non-hydrogen) atoms. The third-order valence-electron chi connectivity index (χ3n) is 3.57. The maximum Gasteiger partial charge on any atom is 0.192 e. The second kappa shape index (κ2) is 7.64. The smallest absolute Gasteiger partial charge is 0.192 e. The number of halogens is 1. The molecule has 0 fully saturated rings. The van der Waals surface area contributed by atoms with Gasteiger partial charge in [-0.05, 0) is 30.7 Å². The standard InChI is InChI=1S/C18H17ClN4S/c1-3-11-23-17(14-7-6-10-20-12-14)21-22-18(23)24-13(2)15-8-4-5-9-16(15)19/h3-10,12-13H,1,11H2,2H3/t13-/m0/s1. The van der Waals surface area contributed by atoms with Gasteiger partial charge in [0.05, 0.1) is 0 Å². The number of thioether (sulfide) groups is 1. The van der Waals surface area contributed by atoms with Crippen molar-refractivity contribution in [3.05, 3.63) is 72.0 Å². The van der Waals surface area contributed by atoms with Crippen LogP contribution in [0.3, 0.4) is 0 Å². The van der Waals surface area contributed by atoms with E-state index in [1.807, 2.05) is 47.0 Å². The Balaban J connectivity index is 1.92. The van der Waals surface area contributed by atoms with E-state index in [9.17, 15) is 0 Å². The first-order valence-corrected chi connectivity index (χ1v) is 8.82. The van der Waals surface area contributed by atoms with Crippen molar-refractivity contribution in [2.24, 2.45) is 0 Å². The molecule has 3 aromatic rings. The van der Waals surface area contributed by atoms with E-state index in [1.165, 1.54) is 0 Å². The summed E-state index contributed by atoms with van der Waals surface area (Å²) < 4.78 is 2.04. The normalized spacial score (nSPS) is 12.1. The molecule has 1 aromatic carbocycles. The van der Waals surface area contributed by atoms with Crippen molar-refractivity contribution < 1.29 is 0 Å². The molecular formula is C18H17ClN4S. The van der Waals surface area contributed by atoms with Crippen LogP contribution in [-0.2, 0) is 6.54 Å². The third-order valence-corrected chi connectivity index (χ3v) is 5.04. The highest BCUT2D eigenvalue weighted by Gasteiger charge is 2.18. The van der Waals surface area contributed by atoms with E-state index >= 15 is 0 Å². The molecule has 6 heteroatoms. The maximum absolute atomic E-state index is 6.31. The predicted octanol–water partition coefficient (Wildman–Crippen LogP) is 5.03. The molecule has 0 aliphatic heterocycles. The van der Waals surface area contributed by atoms with Crippen LogP contribution in [0, 0.1) is 0 Å². The highest BCUT2D eigenvalue weighted by Crippen LogP contribution is 2.38. The predicted molar refractivity (Wildman–Crippen MR) is 99.2 cm³/mol. The first-order valence-electron chi connectivity index (χ1n) is 7.56. The van der Waals surface area contributed by atoms with E-state index in [2.05, 4.69) is 28.7 Å². The van der Waals surface area contributed by atoms with E-state index in [-0.39, 0.29) is 5.25 Å². The SMILES string of the molecule is C=CCn1c(S[C@@H](C)c2ccccc2Cl)nnc1-c1cccnc1. The minimum atomic E-state index is 0.160. The molecule has 2 heterocycles. The van der Waals surface area contributed by atoms with Gasteiger partial charge in [-0.1, -0.05) is 47.6 Å². The van der Waals surface area contributed by atoms with E-state index in [1.54, 1.807) is 24.2 Å². The van der Waals surface area contributed by atoms with Gasteiger partial charge in [-0.3, -0.25) is 9.55 Å². The molecule has 0 aliphatic rings. The summed E-state index contributed by atoms with van der Waals surface area (Å²) in [6.07, 6.45) is 5.37. The Morgan fingerprint density at radius 3 is 2.79 bits per heavy atom. The Bertz CT molecular complexity index is 832. The second-order valence-electron chi connectivity index (χ2n) is 5.23. The van der Waals surface area contributed by atoms with Gasteiger partial charge in [0.2, 0.25) is 0 Å². The fourth-order valence-electron chi connectivity index (χ4n) is 2.40. The minimum absolute atomic E-state index is 0.160. The Labute approximate surface area is 150 Å². The Morgan fingerprint density at radius 1 is 1.25 bits per heavy atom. The Kier molecular flexibility index (Phi) is 5.33. The third kappa shape index (κ3) is 3.52. The number of hydrogen-bond donors (Lipinski definition) is 0. The molecular weight excluding hydrogens is 340 g/mol. The summed E-state index contributed by atoms with van der Waals surface area (Å²) in [5, 5.41) is 10.5. The van der Waals surface area contributed by atoms with Gasteiger partial charge in [0.15, 0.2) is 11.0 Å². The van der Waals surface area contributed by atoms with Crippen molar-refractivity contribution in [1.29, 1.82) is 0 Å². The molecule has 0 radical (unpaired) electrons. The van der Waals surface area contributed by atoms with Gasteiger partial charge in [0, 0.05) is 34.8 Å². The Hall–Kier alpha value is -2.11. The van der Waals surface area contributed by atoms with E-state index < -0.39 is 0 Å². The summed E-state index contributed by atoms with van der Waals surface area (Å²) in [5.41, 5.74) is 2.02. The van der Waals surface area contributed by atoms with Crippen LogP contribution in [-0.4, -0.2) is 19.7 Å². The lowest BCUT2D eigenvalue weighted by Gasteiger charge is -2.14. The molecule has 0 spiro atoms. The zero-order valence-electron chi connectivity index (χ0n) is 13.3. The van der Waals surface area contributed by atoms with Gasteiger partial charge in [0.25, 0.3) is 0 Å². The highest BCUT2D eigenvalue weighted by atomic mass is 35.5. The average Bonchev–Trinajstić information content (AvgIpc) is 2.99. The number of pyridine rings is 1. The summed E-state index contributed by atoms with van der Waals surface area (Å²) in [7, 11) is 0. The molecule has 3 rings (SSSR count). The van der Waals surface area contributed by atoms with Crippen LogP contribution in [0.5, 0.6) is 0 Å². The number of rotatable bonds is 6. The van der Waals surface area contributed by atoms with Crippen LogP contribution in [0.4, 0.5) is 0 Å². The number of nitrogens with zero attached hydrogens (tertiary/aromatic N) is 4. The van der Waals surface area contributed by atoms with Crippen molar-refractivity contribution in [1.82, 2.24) is 19.7 Å². The molecule has 0 aliphatic carbocycles. The van der Waals surface area contributed by atoms with Gasteiger partial charge in [-0.2, -0.15) is 0 Å². The number of hydrogen-bond acceptors (Lipinski definition) is 4. The number of aromatic nitrogens is 4. The summed E-state index contributed by atoms with van der Waals surface area (Å²) >= 11 is 7.94. The summed E-state index contributed by atoms with van der Waals surface area (Å²) in [6.45, 7) is 6.59. The van der Waals surface area contributed by atoms with Crippen molar-refractivity contribution in [3.63, 3.8) is 0 Å². The average molecular weight is 357 g/mol. The van der Waals surface area contributed by atoms with Crippen LogP contribution in [0.1, 0.15) is 17.7 Å². The van der Waals surface area contributed by atoms with Crippen molar-refractivity contribution >= 4 is 23.4 Å². The fraction of sp³-hybridized carbons (Fsp3) is 0.167. The Morgan fingerprint density at radius 2 is 2.08 bits per heavy atom. The topological polar surface area (TPSA) is 43.6 Å². The first-order chi connectivity index (χ1) is 11.7. The second-order valence-corrected chi connectivity index (χ2v) is 6.94. The van der Waals surface area contributed by atoms with E-state index in [0.29, 0.717) is 6.54 Å². The quantitative estimate of drug-likeness (QED) is 0.458. The van der Waals surface area contributed by atoms with Gasteiger partial charge in [0.1, 0.15) is 0 Å². The fourth-order valence-corrected chi connectivity index (χ4v) is 3.79. The van der Waals surface area contributed by atoms with E-state index in [0.717, 1.165) is 27.1 Å². The van der Waals surface area contributed by atoms with Gasteiger partial charge >= 0.3 is 0 Å². The van der Waals surface area contributed by atoms with Crippen LogP contribution in [0.2, 0.25) is 5.02 Å². The minimum Gasteiger partial charge on any atom is -0.298 e. The first kappa shape index (κ1) is 16.7. The van der Waals surface area contributed by atoms with Crippen molar-refractivity contribution in [3.8, 4) is 11.4 Å². The zero-order valence-corrected chi connectivity index (χ0v) is 14.8. The molecule has 0 saturated heterocycles. The molecule has 0 N–H and O–H groups in total. The van der Waals surface area contributed by atoms with Crippen molar-refractivity contribution in [2.45, 2.75) is 23.9 Å². The summed E-state index contributed by atoms with van der Waals surface area (Å²) in [4.78, 5) is 4.16. The van der Waals surface area contributed by atoms with Crippen LogP contribution in [0.15, 0.2) is 66.6 Å². The van der Waals surface area contributed by atoms with Crippen LogP contribution < -0.4 is 0 Å². The molecule has 122 valence electrons. The molecule has 1 atom stereocenters. The lowest BCUT2D eigenvalue weighted by Crippen LogP contribution is -2.02. The summed E-state index contributed by atoms with van der Waals surface area (Å²) in [6, 6.07) is 11.7. The molecule has 0 unspecified atom stereocenters. The highest BCUT2D eigenvalue weighted by molar-refractivity contribution is 7.99. The van der Waals surface area contributed by atoms with Gasteiger partial charge in [-0.25, -0.2) is 0 Å². The maximum atomic E-state index is 6.31. The zero-order chi connectivity index (χ0) is 16.9. The van der Waals surface area contributed by atoms with Crippen LogP contribution >= 0.6 is 23.4 Å². The van der Waals surface area contributed by atoms with Crippen molar-refractivity contribution in [2.75, 3.05) is 0 Å². The van der Waals surface area contributed by atoms with Gasteiger partial charge in [-0.15, -0.1) is 16.8 Å². The molecule has 0 saturated carbocycles. The largest absolute Gasteiger partial charge is 0.298 e.